The van der Waals surface area contributed by atoms with Gasteiger partial charge < -0.3 is 10.6 Å². The molecule has 0 atom stereocenters. The molecule has 2 nitrogen and oxygen atoms in total. The van der Waals surface area contributed by atoms with Crippen LogP contribution in [-0.2, 0) is 6.42 Å². The van der Waals surface area contributed by atoms with E-state index in [0.29, 0.717) is 5.54 Å². The Hall–Kier alpha value is -1.02. The van der Waals surface area contributed by atoms with Crippen molar-refractivity contribution in [3.8, 4) is 0 Å². The molecule has 1 aromatic rings. The fourth-order valence-corrected chi connectivity index (χ4v) is 2.70. The second kappa shape index (κ2) is 2.99. The van der Waals surface area contributed by atoms with Gasteiger partial charge in [-0.25, -0.2) is 0 Å². The Bertz CT molecular complexity index is 313. The lowest BCUT2D eigenvalue weighted by Gasteiger charge is -2.34. The standard InChI is InChI=1S/C12H16N2/c1-2-4-11-10(3-1)9-12(14-11)5-7-13-8-6-12/h1-4,13-14H,5-9H2. The molecule has 3 rings (SSSR count). The van der Waals surface area contributed by atoms with Gasteiger partial charge in [0.2, 0.25) is 0 Å². The zero-order valence-electron chi connectivity index (χ0n) is 8.34. The Kier molecular flexibility index (Phi) is 1.77. The zero-order valence-corrected chi connectivity index (χ0v) is 8.34. The molecule has 0 aliphatic carbocycles. The summed E-state index contributed by atoms with van der Waals surface area (Å²) in [6.07, 6.45) is 3.72. The number of nitrogens with one attached hydrogen (secondary N) is 2. The summed E-state index contributed by atoms with van der Waals surface area (Å²) in [4.78, 5) is 0. The molecule has 0 aromatic heterocycles. The van der Waals surface area contributed by atoms with Crippen LogP contribution >= 0.6 is 0 Å². The molecule has 74 valence electrons. The molecule has 1 aromatic carbocycles. The van der Waals surface area contributed by atoms with Gasteiger partial charge in [0.1, 0.15) is 0 Å². The van der Waals surface area contributed by atoms with E-state index in [4.69, 9.17) is 0 Å². The fraction of sp³-hybridized carbons (Fsp3) is 0.500. The van der Waals surface area contributed by atoms with Gasteiger partial charge in [-0.15, -0.1) is 0 Å². The number of hydrogen-bond acceptors (Lipinski definition) is 2. The smallest absolute Gasteiger partial charge is 0.0439 e. The Morgan fingerprint density at radius 1 is 1.07 bits per heavy atom. The summed E-state index contributed by atoms with van der Waals surface area (Å²) >= 11 is 0. The molecule has 0 radical (unpaired) electrons. The van der Waals surface area contributed by atoms with E-state index < -0.39 is 0 Å². The number of fused-ring (bicyclic) bond motifs is 1. The number of rotatable bonds is 0. The molecule has 0 saturated carbocycles. The van der Waals surface area contributed by atoms with E-state index in [1.807, 2.05) is 0 Å². The first-order chi connectivity index (χ1) is 6.88. The minimum atomic E-state index is 0.370. The summed E-state index contributed by atoms with van der Waals surface area (Å²) in [5.74, 6) is 0. The van der Waals surface area contributed by atoms with Crippen molar-refractivity contribution in [1.29, 1.82) is 0 Å². The van der Waals surface area contributed by atoms with Crippen LogP contribution in [0.3, 0.4) is 0 Å². The van der Waals surface area contributed by atoms with Gasteiger partial charge in [0.25, 0.3) is 0 Å². The van der Waals surface area contributed by atoms with Crippen molar-refractivity contribution in [2.45, 2.75) is 24.8 Å². The van der Waals surface area contributed by atoms with Crippen molar-refractivity contribution in [1.82, 2.24) is 5.32 Å². The van der Waals surface area contributed by atoms with Crippen LogP contribution in [0.2, 0.25) is 0 Å². The maximum Gasteiger partial charge on any atom is 0.0439 e. The second-order valence-corrected chi connectivity index (χ2v) is 4.49. The summed E-state index contributed by atoms with van der Waals surface area (Å²) in [5, 5.41) is 7.13. The summed E-state index contributed by atoms with van der Waals surface area (Å²) < 4.78 is 0. The monoisotopic (exact) mass is 188 g/mol. The quantitative estimate of drug-likeness (QED) is 0.648. The number of para-hydroxylation sites is 1. The normalized spacial score (nSPS) is 23.1. The van der Waals surface area contributed by atoms with Crippen molar-refractivity contribution in [2.24, 2.45) is 0 Å². The first-order valence-electron chi connectivity index (χ1n) is 5.45. The fourth-order valence-electron chi connectivity index (χ4n) is 2.70. The Labute approximate surface area is 84.7 Å². The lowest BCUT2D eigenvalue weighted by atomic mass is 9.86. The molecule has 2 heterocycles. The van der Waals surface area contributed by atoms with Gasteiger partial charge in [-0.1, -0.05) is 18.2 Å². The van der Waals surface area contributed by atoms with Gasteiger partial charge in [0.05, 0.1) is 0 Å². The maximum atomic E-state index is 3.71. The first kappa shape index (κ1) is 8.30. The highest BCUT2D eigenvalue weighted by atomic mass is 15.0. The molecule has 1 saturated heterocycles. The lowest BCUT2D eigenvalue weighted by molar-refractivity contribution is 0.348. The third-order valence-electron chi connectivity index (χ3n) is 3.51. The summed E-state index contributed by atoms with van der Waals surface area (Å²) in [5.41, 5.74) is 3.22. The van der Waals surface area contributed by atoms with Crippen LogP contribution in [0.1, 0.15) is 18.4 Å². The van der Waals surface area contributed by atoms with Gasteiger partial charge in [-0.3, -0.25) is 0 Å². The molecule has 2 aliphatic rings. The average molecular weight is 188 g/mol. The topological polar surface area (TPSA) is 24.1 Å². The Morgan fingerprint density at radius 3 is 2.64 bits per heavy atom. The third-order valence-corrected chi connectivity index (χ3v) is 3.51. The van der Waals surface area contributed by atoms with Crippen LogP contribution < -0.4 is 10.6 Å². The highest BCUT2D eigenvalue weighted by Crippen LogP contribution is 2.37. The number of benzene rings is 1. The number of anilines is 1. The van der Waals surface area contributed by atoms with Crippen LogP contribution in [0.15, 0.2) is 24.3 Å². The van der Waals surface area contributed by atoms with Gasteiger partial charge in [0.15, 0.2) is 0 Å². The molecule has 1 fully saturated rings. The van der Waals surface area contributed by atoms with Gasteiger partial charge in [0, 0.05) is 11.2 Å². The lowest BCUT2D eigenvalue weighted by Crippen LogP contribution is -2.46. The molecule has 1 spiro atoms. The molecule has 14 heavy (non-hydrogen) atoms. The molecule has 0 bridgehead atoms. The number of piperidine rings is 1. The molecule has 0 amide bonds. The SMILES string of the molecule is c1ccc2c(c1)CC1(CCNCC1)N2. The van der Waals surface area contributed by atoms with E-state index in [0.717, 1.165) is 13.1 Å². The zero-order chi connectivity index (χ0) is 9.43. The van der Waals surface area contributed by atoms with E-state index in [9.17, 15) is 0 Å². The van der Waals surface area contributed by atoms with Crippen molar-refractivity contribution >= 4 is 5.69 Å². The van der Waals surface area contributed by atoms with Gasteiger partial charge in [-0.2, -0.15) is 0 Å². The predicted octanol–water partition coefficient (Wildman–Crippen LogP) is 1.78. The molecule has 2 N–H and O–H groups in total. The van der Waals surface area contributed by atoms with E-state index in [1.54, 1.807) is 0 Å². The van der Waals surface area contributed by atoms with Crippen LogP contribution in [-0.4, -0.2) is 18.6 Å². The van der Waals surface area contributed by atoms with Crippen molar-refractivity contribution in [3.05, 3.63) is 29.8 Å². The Morgan fingerprint density at radius 2 is 1.86 bits per heavy atom. The molecular formula is C12H16N2. The third kappa shape index (κ3) is 1.22. The van der Waals surface area contributed by atoms with E-state index in [-0.39, 0.29) is 0 Å². The van der Waals surface area contributed by atoms with Crippen LogP contribution in [0.4, 0.5) is 5.69 Å². The summed E-state index contributed by atoms with van der Waals surface area (Å²) in [7, 11) is 0. The van der Waals surface area contributed by atoms with Crippen molar-refractivity contribution in [2.75, 3.05) is 18.4 Å². The molecule has 2 heteroatoms. The summed E-state index contributed by atoms with van der Waals surface area (Å²) in [6.45, 7) is 2.31. The van der Waals surface area contributed by atoms with E-state index in [1.165, 1.54) is 30.5 Å². The maximum absolute atomic E-state index is 3.71. The van der Waals surface area contributed by atoms with E-state index in [2.05, 4.69) is 34.9 Å². The Balaban J connectivity index is 1.89. The van der Waals surface area contributed by atoms with E-state index >= 15 is 0 Å². The predicted molar refractivity (Wildman–Crippen MR) is 58.6 cm³/mol. The molecular weight excluding hydrogens is 172 g/mol. The van der Waals surface area contributed by atoms with Crippen LogP contribution in [0.25, 0.3) is 0 Å². The second-order valence-electron chi connectivity index (χ2n) is 4.49. The van der Waals surface area contributed by atoms with Crippen molar-refractivity contribution in [3.63, 3.8) is 0 Å². The first-order valence-corrected chi connectivity index (χ1v) is 5.45. The number of hydrogen-bond donors (Lipinski definition) is 2. The minimum absolute atomic E-state index is 0.370. The summed E-state index contributed by atoms with van der Waals surface area (Å²) in [6, 6.07) is 8.71. The van der Waals surface area contributed by atoms with Crippen molar-refractivity contribution < 1.29 is 0 Å². The van der Waals surface area contributed by atoms with Crippen LogP contribution in [0, 0.1) is 0 Å². The average Bonchev–Trinajstić information content (AvgIpc) is 2.56. The van der Waals surface area contributed by atoms with Gasteiger partial charge in [-0.05, 0) is 44.0 Å². The highest BCUT2D eigenvalue weighted by Gasteiger charge is 2.37. The largest absolute Gasteiger partial charge is 0.379 e. The van der Waals surface area contributed by atoms with Gasteiger partial charge >= 0.3 is 0 Å². The molecule has 0 unspecified atom stereocenters. The highest BCUT2D eigenvalue weighted by molar-refractivity contribution is 5.58. The minimum Gasteiger partial charge on any atom is -0.379 e. The van der Waals surface area contributed by atoms with Crippen LogP contribution in [0.5, 0.6) is 0 Å². The molecule has 2 aliphatic heterocycles.